The van der Waals surface area contributed by atoms with Crippen LogP contribution in [0.4, 0.5) is 0 Å². The summed E-state index contributed by atoms with van der Waals surface area (Å²) in [6.07, 6.45) is 1.42. The third kappa shape index (κ3) is 3.63. The van der Waals surface area contributed by atoms with Gasteiger partial charge in [0, 0.05) is 5.56 Å². The van der Waals surface area contributed by atoms with Crippen molar-refractivity contribution in [1.82, 2.24) is 5.43 Å². The molecule has 1 aromatic carbocycles. The Morgan fingerprint density at radius 1 is 1.22 bits per heavy atom. The lowest BCUT2D eigenvalue weighted by molar-refractivity contribution is 0.0953. The molecule has 0 bridgehead atoms. The summed E-state index contributed by atoms with van der Waals surface area (Å²) in [6.45, 7) is 3.48. The van der Waals surface area contributed by atoms with Crippen LogP contribution in [0.15, 0.2) is 27.7 Å². The molecule has 0 atom stereocenters. The normalized spacial score (nSPS) is 10.8. The molecule has 0 fully saturated rings. The van der Waals surface area contributed by atoms with Gasteiger partial charge in [-0.15, -0.1) is 0 Å². The van der Waals surface area contributed by atoms with E-state index in [1.54, 1.807) is 32.0 Å². The molecule has 0 aliphatic carbocycles. The predicted molar refractivity (Wildman–Crippen MR) is 84.5 cm³/mol. The zero-order valence-corrected chi connectivity index (χ0v) is 13.3. The van der Waals surface area contributed by atoms with Crippen LogP contribution in [0.3, 0.4) is 0 Å². The first-order valence-corrected chi connectivity index (χ1v) is 6.81. The lowest BCUT2D eigenvalue weighted by Crippen LogP contribution is -2.17. The Bertz CT molecular complexity index is 724. The number of phenols is 1. The average molecular weight is 318 g/mol. The molecule has 1 amide bonds. The largest absolute Gasteiger partial charge is 0.502 e. The first-order chi connectivity index (χ1) is 11.0. The van der Waals surface area contributed by atoms with Crippen molar-refractivity contribution < 1.29 is 23.8 Å². The van der Waals surface area contributed by atoms with E-state index >= 15 is 0 Å². The molecule has 1 heterocycles. The number of nitrogens with one attached hydrogen (secondary N) is 1. The van der Waals surface area contributed by atoms with Crippen molar-refractivity contribution in [1.29, 1.82) is 0 Å². The Morgan fingerprint density at radius 3 is 2.30 bits per heavy atom. The Balaban J connectivity index is 2.14. The van der Waals surface area contributed by atoms with Crippen LogP contribution in [0.2, 0.25) is 0 Å². The van der Waals surface area contributed by atoms with Crippen molar-refractivity contribution in [3.8, 4) is 17.2 Å². The number of carbonyl (C=O) groups is 1. The molecule has 2 aromatic rings. The highest BCUT2D eigenvalue weighted by molar-refractivity contribution is 5.96. The molecule has 0 unspecified atom stereocenters. The minimum atomic E-state index is -0.367. The number of nitrogens with zero attached hydrogens (tertiary/aromatic N) is 1. The Kier molecular flexibility index (Phi) is 4.90. The van der Waals surface area contributed by atoms with Crippen molar-refractivity contribution in [2.75, 3.05) is 14.2 Å². The van der Waals surface area contributed by atoms with Gasteiger partial charge in [0.15, 0.2) is 11.5 Å². The molecule has 0 aliphatic rings. The number of carbonyl (C=O) groups excluding carboxylic acids is 1. The van der Waals surface area contributed by atoms with Gasteiger partial charge in [0.2, 0.25) is 5.75 Å². The average Bonchev–Trinajstić information content (AvgIpc) is 2.87. The van der Waals surface area contributed by atoms with Crippen molar-refractivity contribution in [3.63, 3.8) is 0 Å². The van der Waals surface area contributed by atoms with Crippen molar-refractivity contribution >= 4 is 12.1 Å². The van der Waals surface area contributed by atoms with Crippen LogP contribution in [-0.2, 0) is 0 Å². The van der Waals surface area contributed by atoms with E-state index in [0.29, 0.717) is 22.6 Å². The van der Waals surface area contributed by atoms with Crippen LogP contribution >= 0.6 is 0 Å². The molecule has 0 aliphatic heterocycles. The molecular formula is C16H18N2O5. The van der Waals surface area contributed by atoms with Crippen LogP contribution in [-0.4, -0.2) is 31.4 Å². The molecule has 23 heavy (non-hydrogen) atoms. The number of aryl methyl sites for hydroxylation is 2. The maximum Gasteiger partial charge on any atom is 0.274 e. The zero-order valence-electron chi connectivity index (χ0n) is 13.3. The molecular weight excluding hydrogens is 300 g/mol. The van der Waals surface area contributed by atoms with E-state index in [1.165, 1.54) is 20.4 Å². The standard InChI is InChI=1S/C16H18N2O5/c1-9-5-12(10(2)23-9)16(20)18-17-8-11-6-13(21-3)15(19)14(7-11)22-4/h5-8,19H,1-4H3,(H,18,20)/b17-8+. The van der Waals surface area contributed by atoms with E-state index in [2.05, 4.69) is 10.5 Å². The number of ether oxygens (including phenoxy) is 2. The van der Waals surface area contributed by atoms with Crippen LogP contribution < -0.4 is 14.9 Å². The molecule has 2 N–H and O–H groups in total. The summed E-state index contributed by atoms with van der Waals surface area (Å²) in [5.74, 6) is 1.22. The number of rotatable bonds is 5. The van der Waals surface area contributed by atoms with Gasteiger partial charge in [0.1, 0.15) is 11.5 Å². The summed E-state index contributed by atoms with van der Waals surface area (Å²) in [4.78, 5) is 12.0. The molecule has 1 aromatic heterocycles. The second-order valence-corrected chi connectivity index (χ2v) is 4.80. The predicted octanol–water partition coefficient (Wildman–Crippen LogP) is 2.38. The number of hydrazone groups is 1. The van der Waals surface area contributed by atoms with Crippen LogP contribution in [0.1, 0.15) is 27.4 Å². The van der Waals surface area contributed by atoms with Crippen molar-refractivity contribution in [2.45, 2.75) is 13.8 Å². The molecule has 7 heteroatoms. The van der Waals surface area contributed by atoms with E-state index in [1.807, 2.05) is 0 Å². The fraction of sp³-hybridized carbons (Fsp3) is 0.250. The smallest absolute Gasteiger partial charge is 0.274 e. The number of hydrogen-bond donors (Lipinski definition) is 2. The van der Waals surface area contributed by atoms with Gasteiger partial charge in [0.05, 0.1) is 26.0 Å². The maximum atomic E-state index is 12.0. The minimum Gasteiger partial charge on any atom is -0.502 e. The molecule has 0 radical (unpaired) electrons. The van der Waals surface area contributed by atoms with E-state index < -0.39 is 0 Å². The highest BCUT2D eigenvalue weighted by Gasteiger charge is 2.13. The summed E-state index contributed by atoms with van der Waals surface area (Å²) in [7, 11) is 2.86. The summed E-state index contributed by atoms with van der Waals surface area (Å²) in [5, 5.41) is 13.7. The number of methoxy groups -OCH3 is 2. The second kappa shape index (κ2) is 6.87. The van der Waals surface area contributed by atoms with E-state index in [4.69, 9.17) is 13.9 Å². The Hall–Kier alpha value is -2.96. The zero-order chi connectivity index (χ0) is 17.0. The monoisotopic (exact) mass is 318 g/mol. The topological polar surface area (TPSA) is 93.3 Å². The van der Waals surface area contributed by atoms with Gasteiger partial charge in [-0.1, -0.05) is 0 Å². The lowest BCUT2D eigenvalue weighted by Gasteiger charge is -2.09. The highest BCUT2D eigenvalue weighted by Crippen LogP contribution is 2.36. The van der Waals surface area contributed by atoms with Gasteiger partial charge in [-0.25, -0.2) is 5.43 Å². The number of phenolic OH excluding ortho intramolecular Hbond substituents is 1. The molecule has 7 nitrogen and oxygen atoms in total. The third-order valence-electron chi connectivity index (χ3n) is 3.17. The van der Waals surface area contributed by atoms with Gasteiger partial charge in [-0.2, -0.15) is 5.10 Å². The summed E-state index contributed by atoms with van der Waals surface area (Å²) in [5.41, 5.74) is 3.44. The summed E-state index contributed by atoms with van der Waals surface area (Å²) >= 11 is 0. The summed E-state index contributed by atoms with van der Waals surface area (Å²) < 4.78 is 15.4. The quantitative estimate of drug-likeness (QED) is 0.652. The number of aromatic hydroxyl groups is 1. The van der Waals surface area contributed by atoms with E-state index in [9.17, 15) is 9.90 Å². The SMILES string of the molecule is COc1cc(/C=N/NC(=O)c2cc(C)oc2C)cc(OC)c1O. The number of hydrogen-bond acceptors (Lipinski definition) is 6. The lowest BCUT2D eigenvalue weighted by atomic mass is 10.2. The van der Waals surface area contributed by atoms with Crippen molar-refractivity contribution in [3.05, 3.63) is 40.8 Å². The number of furan rings is 1. The maximum absolute atomic E-state index is 12.0. The second-order valence-electron chi connectivity index (χ2n) is 4.80. The molecule has 0 saturated carbocycles. The van der Waals surface area contributed by atoms with E-state index in [0.717, 1.165) is 0 Å². The minimum absolute atomic E-state index is 0.0966. The van der Waals surface area contributed by atoms with Crippen LogP contribution in [0, 0.1) is 13.8 Å². The third-order valence-corrected chi connectivity index (χ3v) is 3.17. The molecule has 2 rings (SSSR count). The van der Waals surface area contributed by atoms with Crippen LogP contribution in [0.25, 0.3) is 0 Å². The van der Waals surface area contributed by atoms with Gasteiger partial charge in [-0.05, 0) is 32.0 Å². The Morgan fingerprint density at radius 2 is 1.83 bits per heavy atom. The van der Waals surface area contributed by atoms with Gasteiger partial charge in [-0.3, -0.25) is 4.79 Å². The van der Waals surface area contributed by atoms with E-state index in [-0.39, 0.29) is 23.2 Å². The number of benzene rings is 1. The molecule has 0 saturated heterocycles. The summed E-state index contributed by atoms with van der Waals surface area (Å²) in [6, 6.07) is 4.79. The molecule has 0 spiro atoms. The van der Waals surface area contributed by atoms with Gasteiger partial charge >= 0.3 is 0 Å². The highest BCUT2D eigenvalue weighted by atomic mass is 16.5. The van der Waals surface area contributed by atoms with Gasteiger partial charge < -0.3 is 19.0 Å². The van der Waals surface area contributed by atoms with Gasteiger partial charge in [0.25, 0.3) is 5.91 Å². The van der Waals surface area contributed by atoms with Crippen LogP contribution in [0.5, 0.6) is 17.2 Å². The first kappa shape index (κ1) is 16.4. The molecule has 122 valence electrons. The number of amides is 1. The first-order valence-electron chi connectivity index (χ1n) is 6.81. The Labute approximate surface area is 133 Å². The fourth-order valence-electron chi connectivity index (χ4n) is 2.07. The van der Waals surface area contributed by atoms with Crippen molar-refractivity contribution in [2.24, 2.45) is 5.10 Å². The fourth-order valence-corrected chi connectivity index (χ4v) is 2.07.